The number of thioether (sulfide) groups is 1. The van der Waals surface area contributed by atoms with Crippen LogP contribution in [0.2, 0.25) is 0 Å². The fourth-order valence-electron chi connectivity index (χ4n) is 2.48. The normalized spacial score (nSPS) is 15.2. The van der Waals surface area contributed by atoms with Crippen LogP contribution in [0, 0.1) is 6.92 Å². The summed E-state index contributed by atoms with van der Waals surface area (Å²) in [6.45, 7) is 4.72. The molecule has 2 aromatic heterocycles. The highest BCUT2D eigenvalue weighted by Gasteiger charge is 2.22. The maximum Gasteiger partial charge on any atom is 0.280 e. The molecule has 0 bridgehead atoms. The molecular weight excluding hydrogens is 334 g/mol. The first-order chi connectivity index (χ1) is 11.6. The number of halogens is 2. The lowest BCUT2D eigenvalue weighted by molar-refractivity contribution is 0.145. The zero-order valence-corrected chi connectivity index (χ0v) is 14.3. The zero-order valence-electron chi connectivity index (χ0n) is 13.5. The summed E-state index contributed by atoms with van der Waals surface area (Å²) >= 11 is 1.26. The Labute approximate surface area is 143 Å². The molecule has 0 unspecified atom stereocenters. The first-order valence-corrected chi connectivity index (χ1v) is 8.79. The quantitative estimate of drug-likeness (QED) is 0.619. The predicted molar refractivity (Wildman–Crippen MR) is 90.0 cm³/mol. The van der Waals surface area contributed by atoms with Crippen LogP contribution in [-0.2, 0) is 0 Å². The zero-order chi connectivity index (χ0) is 17.1. The molecule has 0 radical (unpaired) electrons. The van der Waals surface area contributed by atoms with Crippen molar-refractivity contribution in [1.29, 1.82) is 0 Å². The summed E-state index contributed by atoms with van der Waals surface area (Å²) in [6, 6.07) is 1.38. The fraction of sp³-hybridized carbons (Fsp3) is 0.467. The first-order valence-electron chi connectivity index (χ1n) is 7.56. The standard InChI is InChI=1S/C15H18F2N6S/c1-10-8-18-14(19-9-10)23-5-3-22(4-6-23)12-7-11(13(16)17)20-15(21-12)24-2/h7-9,13H,3-6H2,1-2H3. The summed E-state index contributed by atoms with van der Waals surface area (Å²) in [7, 11) is 0. The fourth-order valence-corrected chi connectivity index (χ4v) is 2.86. The molecule has 3 heterocycles. The van der Waals surface area contributed by atoms with Crippen molar-refractivity contribution in [3.8, 4) is 0 Å². The van der Waals surface area contributed by atoms with Gasteiger partial charge in [0, 0.05) is 44.6 Å². The summed E-state index contributed by atoms with van der Waals surface area (Å²) in [6.07, 6.45) is 2.76. The van der Waals surface area contributed by atoms with Crippen LogP contribution in [-0.4, -0.2) is 52.4 Å². The molecule has 0 aliphatic carbocycles. The summed E-state index contributed by atoms with van der Waals surface area (Å²) < 4.78 is 26.0. The van der Waals surface area contributed by atoms with Gasteiger partial charge in [0.25, 0.3) is 6.43 Å². The highest BCUT2D eigenvalue weighted by molar-refractivity contribution is 7.98. The van der Waals surface area contributed by atoms with E-state index in [2.05, 4.69) is 24.8 Å². The van der Waals surface area contributed by atoms with Gasteiger partial charge in [-0.15, -0.1) is 0 Å². The van der Waals surface area contributed by atoms with Gasteiger partial charge in [-0.05, 0) is 18.7 Å². The van der Waals surface area contributed by atoms with Crippen LogP contribution in [0.5, 0.6) is 0 Å². The number of rotatable bonds is 4. The maximum absolute atomic E-state index is 13.0. The second kappa shape index (κ2) is 7.25. The molecule has 1 aliphatic rings. The van der Waals surface area contributed by atoms with Crippen LogP contribution in [0.3, 0.4) is 0 Å². The minimum Gasteiger partial charge on any atom is -0.353 e. The minimum atomic E-state index is -2.60. The van der Waals surface area contributed by atoms with Crippen molar-refractivity contribution in [2.24, 2.45) is 0 Å². The molecule has 0 atom stereocenters. The number of nitrogens with zero attached hydrogens (tertiary/aromatic N) is 6. The maximum atomic E-state index is 13.0. The van der Waals surface area contributed by atoms with E-state index in [1.807, 2.05) is 11.8 Å². The average molecular weight is 352 g/mol. The Morgan fingerprint density at radius 3 is 2.25 bits per heavy atom. The third-order valence-corrected chi connectivity index (χ3v) is 4.32. The van der Waals surface area contributed by atoms with E-state index >= 15 is 0 Å². The number of alkyl halides is 2. The molecule has 1 aliphatic heterocycles. The van der Waals surface area contributed by atoms with Crippen molar-refractivity contribution in [2.45, 2.75) is 18.5 Å². The second-order valence-corrected chi connectivity index (χ2v) is 6.25. The topological polar surface area (TPSA) is 58.0 Å². The van der Waals surface area contributed by atoms with Gasteiger partial charge in [0.2, 0.25) is 5.95 Å². The molecule has 2 aromatic rings. The van der Waals surface area contributed by atoms with Crippen molar-refractivity contribution in [3.05, 3.63) is 29.7 Å². The third kappa shape index (κ3) is 3.72. The van der Waals surface area contributed by atoms with E-state index in [-0.39, 0.29) is 5.69 Å². The van der Waals surface area contributed by atoms with Gasteiger partial charge in [-0.25, -0.2) is 28.7 Å². The largest absolute Gasteiger partial charge is 0.353 e. The van der Waals surface area contributed by atoms with Gasteiger partial charge < -0.3 is 9.80 Å². The van der Waals surface area contributed by atoms with E-state index in [9.17, 15) is 8.78 Å². The van der Waals surface area contributed by atoms with Crippen LogP contribution in [0.25, 0.3) is 0 Å². The number of aromatic nitrogens is 4. The van der Waals surface area contributed by atoms with E-state index in [0.717, 1.165) is 5.56 Å². The van der Waals surface area contributed by atoms with Crippen molar-refractivity contribution in [2.75, 3.05) is 42.2 Å². The Kier molecular flexibility index (Phi) is 5.08. The number of piperazine rings is 1. The van der Waals surface area contributed by atoms with E-state index < -0.39 is 6.43 Å². The van der Waals surface area contributed by atoms with Gasteiger partial charge in [-0.2, -0.15) is 0 Å². The van der Waals surface area contributed by atoms with Crippen molar-refractivity contribution >= 4 is 23.5 Å². The molecular formula is C15H18F2N6S. The molecule has 0 saturated carbocycles. The average Bonchev–Trinajstić information content (AvgIpc) is 2.62. The lowest BCUT2D eigenvalue weighted by Crippen LogP contribution is -2.47. The van der Waals surface area contributed by atoms with Gasteiger partial charge in [-0.3, -0.25) is 0 Å². The van der Waals surface area contributed by atoms with Gasteiger partial charge >= 0.3 is 0 Å². The van der Waals surface area contributed by atoms with E-state index in [4.69, 9.17) is 0 Å². The molecule has 1 fully saturated rings. The molecule has 0 spiro atoms. The summed E-state index contributed by atoms with van der Waals surface area (Å²) in [5.74, 6) is 1.25. The summed E-state index contributed by atoms with van der Waals surface area (Å²) in [5.41, 5.74) is 0.788. The molecule has 24 heavy (non-hydrogen) atoms. The second-order valence-electron chi connectivity index (χ2n) is 5.47. The van der Waals surface area contributed by atoms with Gasteiger partial charge in [0.05, 0.1) is 0 Å². The van der Waals surface area contributed by atoms with Crippen molar-refractivity contribution < 1.29 is 8.78 Å². The Morgan fingerprint density at radius 1 is 1.04 bits per heavy atom. The Hall–Kier alpha value is -2.03. The lowest BCUT2D eigenvalue weighted by atomic mass is 10.3. The molecule has 0 aromatic carbocycles. The van der Waals surface area contributed by atoms with Crippen LogP contribution < -0.4 is 9.80 Å². The lowest BCUT2D eigenvalue weighted by Gasteiger charge is -2.35. The van der Waals surface area contributed by atoms with Crippen molar-refractivity contribution in [1.82, 2.24) is 19.9 Å². The Balaban J connectivity index is 1.72. The van der Waals surface area contributed by atoms with E-state index in [0.29, 0.717) is 43.1 Å². The van der Waals surface area contributed by atoms with Crippen LogP contribution in [0.1, 0.15) is 17.7 Å². The van der Waals surface area contributed by atoms with Gasteiger partial charge in [0.1, 0.15) is 11.5 Å². The summed E-state index contributed by atoms with van der Waals surface area (Å²) in [4.78, 5) is 21.0. The Bertz CT molecular complexity index is 689. The minimum absolute atomic E-state index is 0.228. The van der Waals surface area contributed by atoms with E-state index in [1.54, 1.807) is 18.6 Å². The smallest absolute Gasteiger partial charge is 0.280 e. The molecule has 6 nitrogen and oxygen atoms in total. The molecule has 9 heteroatoms. The Morgan fingerprint density at radius 2 is 1.67 bits per heavy atom. The summed E-state index contributed by atoms with van der Waals surface area (Å²) in [5, 5.41) is 0.368. The molecule has 128 valence electrons. The predicted octanol–water partition coefficient (Wildman–Crippen LogP) is 2.56. The van der Waals surface area contributed by atoms with Crippen molar-refractivity contribution in [3.63, 3.8) is 0 Å². The van der Waals surface area contributed by atoms with Crippen LogP contribution in [0.4, 0.5) is 20.5 Å². The van der Waals surface area contributed by atoms with Crippen LogP contribution in [0.15, 0.2) is 23.6 Å². The number of hydrogen-bond donors (Lipinski definition) is 0. The third-order valence-electron chi connectivity index (χ3n) is 3.77. The number of hydrogen-bond acceptors (Lipinski definition) is 7. The monoisotopic (exact) mass is 352 g/mol. The first kappa shape index (κ1) is 16.8. The van der Waals surface area contributed by atoms with Crippen LogP contribution >= 0.6 is 11.8 Å². The van der Waals surface area contributed by atoms with E-state index in [1.165, 1.54) is 17.8 Å². The van der Waals surface area contributed by atoms with Gasteiger partial charge in [0.15, 0.2) is 5.16 Å². The molecule has 1 saturated heterocycles. The molecule has 3 rings (SSSR count). The highest BCUT2D eigenvalue weighted by Crippen LogP contribution is 2.25. The SMILES string of the molecule is CSc1nc(C(F)F)cc(N2CCN(c3ncc(C)cn3)CC2)n1. The molecule has 0 amide bonds. The number of aryl methyl sites for hydroxylation is 1. The van der Waals surface area contributed by atoms with Gasteiger partial charge in [-0.1, -0.05) is 11.8 Å². The molecule has 0 N–H and O–H groups in total. The number of anilines is 2. The highest BCUT2D eigenvalue weighted by atomic mass is 32.2.